The van der Waals surface area contributed by atoms with E-state index in [0.29, 0.717) is 17.3 Å². The highest BCUT2D eigenvalue weighted by atomic mass is 19.4. The molecule has 2 aliphatic rings. The molecule has 1 atom stereocenters. The molecule has 120 valence electrons. The number of anilines is 2. The summed E-state index contributed by atoms with van der Waals surface area (Å²) in [6, 6.07) is 6.65. The Balaban J connectivity index is 1.73. The summed E-state index contributed by atoms with van der Waals surface area (Å²) in [5, 5.41) is 3.39. The number of halogens is 3. The van der Waals surface area contributed by atoms with Gasteiger partial charge in [0.15, 0.2) is 5.82 Å². The molecule has 1 saturated heterocycles. The van der Waals surface area contributed by atoms with E-state index in [1.54, 1.807) is 12.1 Å². The molecule has 2 bridgehead atoms. The molecule has 1 fully saturated rings. The van der Waals surface area contributed by atoms with E-state index in [1.165, 1.54) is 6.20 Å². The molecule has 4 nitrogen and oxygen atoms in total. The lowest BCUT2D eigenvalue weighted by Gasteiger charge is -2.40. The summed E-state index contributed by atoms with van der Waals surface area (Å²) >= 11 is 0. The minimum atomic E-state index is -4.45. The van der Waals surface area contributed by atoms with Crippen LogP contribution in [0, 0.1) is 0 Å². The maximum atomic E-state index is 12.8. The van der Waals surface area contributed by atoms with Gasteiger partial charge in [-0.2, -0.15) is 13.2 Å². The van der Waals surface area contributed by atoms with Crippen LogP contribution in [0.5, 0.6) is 0 Å². The Morgan fingerprint density at radius 2 is 2.09 bits per heavy atom. The number of hydrogen-bond donors (Lipinski definition) is 1. The van der Waals surface area contributed by atoms with Crippen LogP contribution in [0.25, 0.3) is 11.3 Å². The molecule has 0 spiro atoms. The van der Waals surface area contributed by atoms with E-state index in [4.69, 9.17) is 0 Å². The molecule has 4 rings (SSSR count). The first-order valence-electron chi connectivity index (χ1n) is 7.57. The minimum Gasteiger partial charge on any atom is -0.366 e. The van der Waals surface area contributed by atoms with Gasteiger partial charge in [0.2, 0.25) is 0 Å². The van der Waals surface area contributed by atoms with Crippen LogP contribution in [0.4, 0.5) is 24.7 Å². The lowest BCUT2D eigenvalue weighted by Crippen LogP contribution is -2.46. The molecule has 0 radical (unpaired) electrons. The molecule has 1 N–H and O–H groups in total. The summed E-state index contributed by atoms with van der Waals surface area (Å²) in [6.07, 6.45) is -1.05. The third-order valence-electron chi connectivity index (χ3n) is 4.32. The van der Waals surface area contributed by atoms with Crippen molar-refractivity contribution in [3.05, 3.63) is 36.2 Å². The van der Waals surface area contributed by atoms with Gasteiger partial charge in [-0.15, -0.1) is 0 Å². The van der Waals surface area contributed by atoms with Gasteiger partial charge in [-0.05, 0) is 37.1 Å². The first-order valence-corrected chi connectivity index (χ1v) is 7.57. The summed E-state index contributed by atoms with van der Waals surface area (Å²) < 4.78 is 38.4. The number of nitrogens with zero attached hydrogens (tertiary/aromatic N) is 3. The molecular formula is C16H15F3N4. The van der Waals surface area contributed by atoms with Crippen LogP contribution < -0.4 is 10.2 Å². The maximum absolute atomic E-state index is 12.8. The predicted octanol–water partition coefficient (Wildman–Crippen LogP) is 3.56. The largest absolute Gasteiger partial charge is 0.433 e. The van der Waals surface area contributed by atoms with Crippen LogP contribution in [0.3, 0.4) is 0 Å². The summed E-state index contributed by atoms with van der Waals surface area (Å²) in [6.45, 7) is 1.96. The highest BCUT2D eigenvalue weighted by molar-refractivity contribution is 5.74. The second kappa shape index (κ2) is 5.11. The quantitative estimate of drug-likeness (QED) is 0.872. The number of aromatic nitrogens is 2. The second-order valence-corrected chi connectivity index (χ2v) is 5.92. The number of hydrogen-bond acceptors (Lipinski definition) is 4. The van der Waals surface area contributed by atoms with Crippen LogP contribution in [-0.4, -0.2) is 29.1 Å². The minimum absolute atomic E-state index is 0.363. The first-order chi connectivity index (χ1) is 11.0. The lowest BCUT2D eigenvalue weighted by atomic mass is 10.0. The Bertz CT molecular complexity index is 744. The van der Waals surface area contributed by atoms with Crippen molar-refractivity contribution in [2.75, 3.05) is 23.3 Å². The van der Waals surface area contributed by atoms with E-state index >= 15 is 0 Å². The number of nitrogens with one attached hydrogen (secondary N) is 1. The molecular weight excluding hydrogens is 305 g/mol. The van der Waals surface area contributed by atoms with Crippen molar-refractivity contribution < 1.29 is 13.2 Å². The number of alkyl halides is 3. The molecule has 23 heavy (non-hydrogen) atoms. The average molecular weight is 320 g/mol. The topological polar surface area (TPSA) is 41.1 Å². The van der Waals surface area contributed by atoms with Gasteiger partial charge in [0, 0.05) is 30.9 Å². The van der Waals surface area contributed by atoms with Crippen LogP contribution >= 0.6 is 0 Å². The summed E-state index contributed by atoms with van der Waals surface area (Å²) in [4.78, 5) is 10.2. The lowest BCUT2D eigenvalue weighted by molar-refractivity contribution is -0.141. The monoisotopic (exact) mass is 320 g/mol. The normalized spacial score (nSPS) is 20.0. The molecule has 0 aromatic carbocycles. The second-order valence-electron chi connectivity index (χ2n) is 5.92. The number of pyridine rings is 2. The summed E-state index contributed by atoms with van der Waals surface area (Å²) in [7, 11) is 0. The molecule has 2 aromatic rings. The van der Waals surface area contributed by atoms with Crippen molar-refractivity contribution in [2.45, 2.75) is 25.1 Å². The zero-order valence-electron chi connectivity index (χ0n) is 12.3. The molecule has 0 aliphatic carbocycles. The molecule has 0 saturated carbocycles. The fourth-order valence-electron chi connectivity index (χ4n) is 3.23. The molecule has 4 heterocycles. The Kier molecular flexibility index (Phi) is 3.18. The van der Waals surface area contributed by atoms with Gasteiger partial charge in [0.1, 0.15) is 5.69 Å². The molecule has 2 aromatic heterocycles. The van der Waals surface area contributed by atoms with Gasteiger partial charge in [-0.1, -0.05) is 0 Å². The zero-order chi connectivity index (χ0) is 16.0. The fraction of sp³-hybridized carbons (Fsp3) is 0.375. The fourth-order valence-corrected chi connectivity index (χ4v) is 3.23. The van der Waals surface area contributed by atoms with Gasteiger partial charge < -0.3 is 10.2 Å². The van der Waals surface area contributed by atoms with E-state index in [0.717, 1.165) is 43.5 Å². The van der Waals surface area contributed by atoms with E-state index in [1.807, 2.05) is 6.07 Å². The van der Waals surface area contributed by atoms with Gasteiger partial charge in [-0.3, -0.25) is 4.98 Å². The SMILES string of the molecule is FC(F)(F)c1cc(-c2ccc3c(n2)NC2CCCN3C2)ccn1. The van der Waals surface area contributed by atoms with Crippen LogP contribution in [0.2, 0.25) is 0 Å². The van der Waals surface area contributed by atoms with Gasteiger partial charge in [0.25, 0.3) is 0 Å². The van der Waals surface area contributed by atoms with Gasteiger partial charge in [-0.25, -0.2) is 4.98 Å². The molecule has 0 amide bonds. The van der Waals surface area contributed by atoms with Gasteiger partial charge >= 0.3 is 6.18 Å². The first kappa shape index (κ1) is 14.3. The van der Waals surface area contributed by atoms with Crippen LogP contribution in [-0.2, 0) is 6.18 Å². The summed E-state index contributed by atoms with van der Waals surface area (Å²) in [5.74, 6) is 0.754. The highest BCUT2D eigenvalue weighted by Crippen LogP contribution is 2.36. The summed E-state index contributed by atoms with van der Waals surface area (Å²) in [5.41, 5.74) is 1.06. The average Bonchev–Trinajstić information content (AvgIpc) is 2.54. The number of rotatable bonds is 1. The Labute approximate surface area is 131 Å². The molecule has 1 unspecified atom stereocenters. The van der Waals surface area contributed by atoms with Crippen LogP contribution in [0.15, 0.2) is 30.5 Å². The van der Waals surface area contributed by atoms with Crippen molar-refractivity contribution in [2.24, 2.45) is 0 Å². The maximum Gasteiger partial charge on any atom is 0.433 e. The molecule has 7 heteroatoms. The van der Waals surface area contributed by atoms with E-state index in [9.17, 15) is 13.2 Å². The van der Waals surface area contributed by atoms with E-state index in [-0.39, 0.29) is 0 Å². The smallest absolute Gasteiger partial charge is 0.366 e. The molecule has 2 aliphatic heterocycles. The van der Waals surface area contributed by atoms with Crippen molar-refractivity contribution in [3.8, 4) is 11.3 Å². The standard InChI is InChI=1S/C16H15F3N4/c17-16(18,19)14-8-10(5-6-20-14)12-3-4-13-15(22-12)21-11-2-1-7-23(13)9-11/h3-6,8,11H,1-2,7,9H2,(H,21,22). The third kappa shape index (κ3) is 2.60. The Hall–Kier alpha value is -2.31. The predicted molar refractivity (Wildman–Crippen MR) is 81.3 cm³/mol. The number of fused-ring (bicyclic) bond motifs is 4. The van der Waals surface area contributed by atoms with Crippen molar-refractivity contribution in [1.29, 1.82) is 0 Å². The van der Waals surface area contributed by atoms with Crippen molar-refractivity contribution in [1.82, 2.24) is 9.97 Å². The Morgan fingerprint density at radius 1 is 1.22 bits per heavy atom. The van der Waals surface area contributed by atoms with E-state index in [2.05, 4.69) is 20.2 Å². The van der Waals surface area contributed by atoms with Crippen molar-refractivity contribution >= 4 is 11.5 Å². The zero-order valence-corrected chi connectivity index (χ0v) is 12.3. The number of piperidine rings is 1. The van der Waals surface area contributed by atoms with Crippen molar-refractivity contribution in [3.63, 3.8) is 0 Å². The highest BCUT2D eigenvalue weighted by Gasteiger charge is 2.33. The van der Waals surface area contributed by atoms with E-state index < -0.39 is 11.9 Å². The van der Waals surface area contributed by atoms with Gasteiger partial charge in [0.05, 0.1) is 11.4 Å². The third-order valence-corrected chi connectivity index (χ3v) is 4.32. The Morgan fingerprint density at radius 3 is 2.91 bits per heavy atom. The van der Waals surface area contributed by atoms with Crippen LogP contribution in [0.1, 0.15) is 18.5 Å².